The van der Waals surface area contributed by atoms with Gasteiger partial charge >= 0.3 is 0 Å². The predicted molar refractivity (Wildman–Crippen MR) is 62.9 cm³/mol. The Labute approximate surface area is 96.1 Å². The second kappa shape index (κ2) is 4.95. The van der Waals surface area contributed by atoms with Crippen LogP contribution in [0, 0.1) is 5.92 Å². The summed E-state index contributed by atoms with van der Waals surface area (Å²) in [4.78, 5) is 4.26. The predicted octanol–water partition coefficient (Wildman–Crippen LogP) is 3.01. The molecule has 2 unspecified atom stereocenters. The molecule has 0 saturated heterocycles. The number of aromatic nitrogens is 1. The lowest BCUT2D eigenvalue weighted by Crippen LogP contribution is -2.26. The van der Waals surface area contributed by atoms with E-state index in [9.17, 15) is 0 Å². The topological polar surface area (TPSA) is 24.9 Å². The Bertz CT molecular complexity index is 310. The highest BCUT2D eigenvalue weighted by atomic mass is 35.5. The van der Waals surface area contributed by atoms with E-state index in [0.717, 1.165) is 18.2 Å². The Morgan fingerprint density at radius 1 is 1.47 bits per heavy atom. The first-order valence-corrected chi connectivity index (χ1v) is 5.95. The van der Waals surface area contributed by atoms with Crippen LogP contribution in [-0.2, 0) is 6.54 Å². The molecule has 1 aliphatic carbocycles. The molecule has 1 fully saturated rings. The van der Waals surface area contributed by atoms with Crippen LogP contribution in [0.1, 0.15) is 31.9 Å². The Kier molecular flexibility index (Phi) is 3.60. The molecular formula is C12H17ClN2. The molecule has 0 radical (unpaired) electrons. The summed E-state index contributed by atoms with van der Waals surface area (Å²) in [5.41, 5.74) is 1.07. The molecule has 0 aromatic carbocycles. The van der Waals surface area contributed by atoms with Gasteiger partial charge in [0.25, 0.3) is 0 Å². The van der Waals surface area contributed by atoms with Crippen LogP contribution in [0.15, 0.2) is 18.3 Å². The Hall–Kier alpha value is -0.600. The van der Waals surface area contributed by atoms with E-state index in [4.69, 9.17) is 11.6 Å². The van der Waals surface area contributed by atoms with Crippen LogP contribution in [0.25, 0.3) is 0 Å². The first-order chi connectivity index (χ1) is 7.24. The maximum atomic E-state index is 5.78. The summed E-state index contributed by atoms with van der Waals surface area (Å²) in [5, 5.41) is 4.24. The van der Waals surface area contributed by atoms with E-state index in [1.165, 1.54) is 19.3 Å². The maximum absolute atomic E-state index is 5.78. The van der Waals surface area contributed by atoms with Crippen molar-refractivity contribution in [1.29, 1.82) is 0 Å². The summed E-state index contributed by atoms with van der Waals surface area (Å²) in [7, 11) is 0. The highest BCUT2D eigenvalue weighted by molar-refractivity contribution is 6.30. The minimum atomic E-state index is 0.678. The van der Waals surface area contributed by atoms with Crippen molar-refractivity contribution in [1.82, 2.24) is 10.3 Å². The van der Waals surface area contributed by atoms with Gasteiger partial charge < -0.3 is 5.32 Å². The number of nitrogens with one attached hydrogen (secondary N) is 1. The number of rotatable bonds is 3. The van der Waals surface area contributed by atoms with Crippen LogP contribution < -0.4 is 5.32 Å². The Balaban J connectivity index is 1.80. The normalized spacial score (nSPS) is 25.7. The summed E-state index contributed by atoms with van der Waals surface area (Å²) in [5.74, 6) is 0.876. The third kappa shape index (κ3) is 3.18. The van der Waals surface area contributed by atoms with Gasteiger partial charge in [-0.25, -0.2) is 0 Å². The van der Waals surface area contributed by atoms with Crippen LogP contribution >= 0.6 is 11.6 Å². The number of halogens is 1. The largest absolute Gasteiger partial charge is 0.308 e. The standard InChI is InChI=1S/C12H17ClN2/c1-9-2-4-11(6-9)15-8-12-5-3-10(13)7-14-12/h3,5,7,9,11,15H,2,4,6,8H2,1H3. The molecule has 1 N–H and O–H groups in total. The van der Waals surface area contributed by atoms with Gasteiger partial charge in [-0.05, 0) is 37.3 Å². The molecule has 0 amide bonds. The summed E-state index contributed by atoms with van der Waals surface area (Å²) in [6, 6.07) is 4.55. The van der Waals surface area contributed by atoms with Gasteiger partial charge in [0.15, 0.2) is 0 Å². The smallest absolute Gasteiger partial charge is 0.0589 e. The zero-order valence-electron chi connectivity index (χ0n) is 9.04. The fourth-order valence-electron chi connectivity index (χ4n) is 2.15. The van der Waals surface area contributed by atoms with Crippen molar-refractivity contribution < 1.29 is 0 Å². The van der Waals surface area contributed by atoms with Crippen molar-refractivity contribution in [3.63, 3.8) is 0 Å². The van der Waals surface area contributed by atoms with Crippen molar-refractivity contribution in [3.8, 4) is 0 Å². The van der Waals surface area contributed by atoms with Crippen molar-refractivity contribution in [2.24, 2.45) is 5.92 Å². The minimum absolute atomic E-state index is 0.678. The van der Waals surface area contributed by atoms with Gasteiger partial charge in [-0.2, -0.15) is 0 Å². The lowest BCUT2D eigenvalue weighted by molar-refractivity contribution is 0.498. The molecule has 1 aromatic rings. The first-order valence-electron chi connectivity index (χ1n) is 5.58. The zero-order valence-corrected chi connectivity index (χ0v) is 9.80. The second-order valence-corrected chi connectivity index (χ2v) is 4.90. The van der Waals surface area contributed by atoms with E-state index in [1.807, 2.05) is 12.1 Å². The number of hydrogen-bond donors (Lipinski definition) is 1. The van der Waals surface area contributed by atoms with Gasteiger partial charge in [-0.1, -0.05) is 18.5 Å². The number of hydrogen-bond acceptors (Lipinski definition) is 2. The molecule has 1 saturated carbocycles. The Morgan fingerprint density at radius 3 is 2.93 bits per heavy atom. The molecule has 3 heteroatoms. The van der Waals surface area contributed by atoms with Crippen molar-refractivity contribution >= 4 is 11.6 Å². The molecule has 1 heterocycles. The van der Waals surface area contributed by atoms with Gasteiger partial charge in [0.1, 0.15) is 0 Å². The summed E-state index contributed by atoms with van der Waals surface area (Å²) >= 11 is 5.78. The third-order valence-electron chi connectivity index (χ3n) is 3.06. The lowest BCUT2D eigenvalue weighted by atomic mass is 10.1. The summed E-state index contributed by atoms with van der Waals surface area (Å²) in [6.45, 7) is 3.18. The van der Waals surface area contributed by atoms with Gasteiger partial charge in [0.05, 0.1) is 10.7 Å². The molecule has 2 rings (SSSR count). The van der Waals surface area contributed by atoms with E-state index < -0.39 is 0 Å². The number of nitrogens with zero attached hydrogens (tertiary/aromatic N) is 1. The highest BCUT2D eigenvalue weighted by Gasteiger charge is 2.20. The average Bonchev–Trinajstić information content (AvgIpc) is 2.64. The zero-order chi connectivity index (χ0) is 10.7. The maximum Gasteiger partial charge on any atom is 0.0589 e. The van der Waals surface area contributed by atoms with Crippen LogP contribution in [0.3, 0.4) is 0 Å². The van der Waals surface area contributed by atoms with Gasteiger partial charge in [-0.15, -0.1) is 0 Å². The fourth-order valence-corrected chi connectivity index (χ4v) is 2.26. The molecule has 82 valence electrons. The van der Waals surface area contributed by atoms with Crippen LogP contribution in [-0.4, -0.2) is 11.0 Å². The van der Waals surface area contributed by atoms with Crippen LogP contribution in [0.5, 0.6) is 0 Å². The Morgan fingerprint density at radius 2 is 2.33 bits per heavy atom. The molecular weight excluding hydrogens is 208 g/mol. The van der Waals surface area contributed by atoms with Gasteiger partial charge in [-0.3, -0.25) is 4.98 Å². The second-order valence-electron chi connectivity index (χ2n) is 4.46. The first kappa shape index (κ1) is 10.9. The van der Waals surface area contributed by atoms with E-state index in [1.54, 1.807) is 6.20 Å². The summed E-state index contributed by atoms with van der Waals surface area (Å²) < 4.78 is 0. The molecule has 0 bridgehead atoms. The van der Waals surface area contributed by atoms with Crippen LogP contribution in [0.2, 0.25) is 5.02 Å². The monoisotopic (exact) mass is 224 g/mol. The SMILES string of the molecule is CC1CCC(NCc2ccc(Cl)cn2)C1. The lowest BCUT2D eigenvalue weighted by Gasteiger charge is -2.11. The van der Waals surface area contributed by atoms with Gasteiger partial charge in [0.2, 0.25) is 0 Å². The summed E-state index contributed by atoms with van der Waals surface area (Å²) in [6.07, 6.45) is 5.66. The molecule has 2 nitrogen and oxygen atoms in total. The molecule has 0 aliphatic heterocycles. The van der Waals surface area contributed by atoms with Crippen LogP contribution in [0.4, 0.5) is 0 Å². The van der Waals surface area contributed by atoms with Crippen molar-refractivity contribution in [2.45, 2.75) is 38.8 Å². The quantitative estimate of drug-likeness (QED) is 0.854. The number of pyridine rings is 1. The highest BCUT2D eigenvalue weighted by Crippen LogP contribution is 2.24. The fraction of sp³-hybridized carbons (Fsp3) is 0.583. The third-order valence-corrected chi connectivity index (χ3v) is 3.28. The van der Waals surface area contributed by atoms with E-state index in [0.29, 0.717) is 11.1 Å². The van der Waals surface area contributed by atoms with Gasteiger partial charge in [0, 0.05) is 18.8 Å². The van der Waals surface area contributed by atoms with Crippen molar-refractivity contribution in [3.05, 3.63) is 29.0 Å². The minimum Gasteiger partial charge on any atom is -0.308 e. The molecule has 0 spiro atoms. The molecule has 1 aromatic heterocycles. The molecule has 1 aliphatic rings. The molecule has 15 heavy (non-hydrogen) atoms. The average molecular weight is 225 g/mol. The van der Waals surface area contributed by atoms with E-state index >= 15 is 0 Å². The van der Waals surface area contributed by atoms with E-state index in [2.05, 4.69) is 17.2 Å². The van der Waals surface area contributed by atoms with Crippen molar-refractivity contribution in [2.75, 3.05) is 0 Å². The molecule has 2 atom stereocenters. The van der Waals surface area contributed by atoms with E-state index in [-0.39, 0.29) is 0 Å².